The molecule has 4 nitrogen and oxygen atoms in total. The van der Waals surface area contributed by atoms with Crippen LogP contribution in [-0.2, 0) is 9.63 Å². The van der Waals surface area contributed by atoms with E-state index in [1.54, 1.807) is 36.0 Å². The van der Waals surface area contributed by atoms with Crippen LogP contribution in [0.2, 0.25) is 0 Å². The molecule has 204 valence electrons. The standard InChI is InChI=1S/C35H35NO3S/c1-27-13-10-11-14-29(23-27)24-31(36-39-35(38)30-16-6-5-7-17-30)26-32(37)25-28-15-12-20-34(22-21-28)40-33-18-8-3-2-4-9-19-33/h2-3,5-7,9-23,27-28H,4,8,24-26H2,1H3/b3-2?,19-9-,33-18+,36-31-. The Balaban J connectivity index is 1.39. The summed E-state index contributed by atoms with van der Waals surface area (Å²) in [4.78, 5) is 33.4. The first-order valence-electron chi connectivity index (χ1n) is 13.7. The van der Waals surface area contributed by atoms with Crippen molar-refractivity contribution in [3.8, 4) is 0 Å². The summed E-state index contributed by atoms with van der Waals surface area (Å²) in [7, 11) is 0. The Morgan fingerprint density at radius 2 is 1.77 bits per heavy atom. The monoisotopic (exact) mass is 549 g/mol. The van der Waals surface area contributed by atoms with Crippen LogP contribution in [0.15, 0.2) is 142 Å². The topological polar surface area (TPSA) is 55.7 Å². The highest BCUT2D eigenvalue weighted by Crippen LogP contribution is 2.31. The van der Waals surface area contributed by atoms with Crippen LogP contribution in [0.4, 0.5) is 0 Å². The lowest BCUT2D eigenvalue weighted by atomic mass is 9.96. The summed E-state index contributed by atoms with van der Waals surface area (Å²) in [5.74, 6) is -0.241. The maximum absolute atomic E-state index is 13.2. The third-order valence-corrected chi connectivity index (χ3v) is 7.44. The van der Waals surface area contributed by atoms with E-state index >= 15 is 0 Å². The number of carbonyl (C=O) groups excluding carboxylic acids is 2. The van der Waals surface area contributed by atoms with Crippen LogP contribution in [0, 0.1) is 11.8 Å². The van der Waals surface area contributed by atoms with E-state index in [1.165, 1.54) is 4.91 Å². The Hall–Kier alpha value is -3.96. The molecule has 0 fully saturated rings. The molecule has 0 saturated heterocycles. The van der Waals surface area contributed by atoms with Crippen LogP contribution < -0.4 is 0 Å². The first-order chi connectivity index (χ1) is 19.5. The van der Waals surface area contributed by atoms with E-state index < -0.39 is 5.97 Å². The molecule has 40 heavy (non-hydrogen) atoms. The van der Waals surface area contributed by atoms with Gasteiger partial charge in [-0.15, -0.1) is 0 Å². The molecule has 0 heterocycles. The molecule has 3 aliphatic rings. The van der Waals surface area contributed by atoms with Gasteiger partial charge in [0.25, 0.3) is 0 Å². The third kappa shape index (κ3) is 9.97. The lowest BCUT2D eigenvalue weighted by molar-refractivity contribution is -0.118. The second-order valence-corrected chi connectivity index (χ2v) is 11.0. The normalized spacial score (nSPS) is 22.6. The van der Waals surface area contributed by atoms with Crippen molar-refractivity contribution in [2.45, 2.75) is 39.0 Å². The van der Waals surface area contributed by atoms with Crippen LogP contribution in [0.5, 0.6) is 0 Å². The van der Waals surface area contributed by atoms with E-state index in [4.69, 9.17) is 4.84 Å². The number of hydrogen-bond acceptors (Lipinski definition) is 5. The van der Waals surface area contributed by atoms with Gasteiger partial charge in [-0.25, -0.2) is 4.79 Å². The fraction of sp³-hybridized carbons (Fsp3) is 0.229. The van der Waals surface area contributed by atoms with E-state index in [0.717, 1.165) is 23.3 Å². The maximum atomic E-state index is 13.2. The largest absolute Gasteiger partial charge is 0.365 e. The summed E-state index contributed by atoms with van der Waals surface area (Å²) in [6.07, 6.45) is 34.3. The van der Waals surface area contributed by atoms with E-state index in [0.29, 0.717) is 24.1 Å². The Kier molecular flexibility index (Phi) is 11.3. The quantitative estimate of drug-likeness (QED) is 0.127. The highest BCUT2D eigenvalue weighted by atomic mass is 32.2. The number of Topliss-reactive ketones (excluding diaryl/α,β-unsaturated/α-hetero) is 1. The number of nitrogens with zero attached hydrogens (tertiary/aromatic N) is 1. The number of ketones is 1. The maximum Gasteiger partial charge on any atom is 0.365 e. The van der Waals surface area contributed by atoms with Crippen molar-refractivity contribution in [1.82, 2.24) is 0 Å². The molecule has 0 aromatic heterocycles. The zero-order chi connectivity index (χ0) is 28.0. The molecule has 4 rings (SSSR count). The fourth-order valence-corrected chi connectivity index (χ4v) is 5.31. The second kappa shape index (κ2) is 15.6. The minimum atomic E-state index is -0.540. The number of carbonyl (C=O) groups is 2. The van der Waals surface area contributed by atoms with Crippen molar-refractivity contribution in [1.29, 1.82) is 0 Å². The molecule has 0 N–H and O–H groups in total. The van der Waals surface area contributed by atoms with Gasteiger partial charge in [-0.1, -0.05) is 127 Å². The average molecular weight is 550 g/mol. The lowest BCUT2D eigenvalue weighted by Crippen LogP contribution is -2.13. The van der Waals surface area contributed by atoms with E-state index in [1.807, 2.05) is 30.4 Å². The zero-order valence-electron chi connectivity index (χ0n) is 22.8. The van der Waals surface area contributed by atoms with Gasteiger partial charge >= 0.3 is 5.97 Å². The molecule has 0 saturated carbocycles. The number of allylic oxidation sites excluding steroid dienone is 16. The molecule has 5 heteroatoms. The third-order valence-electron chi connectivity index (χ3n) is 6.39. The molecular formula is C35H35NO3S. The van der Waals surface area contributed by atoms with Gasteiger partial charge < -0.3 is 4.84 Å². The molecule has 2 unspecified atom stereocenters. The molecule has 1 aromatic carbocycles. The van der Waals surface area contributed by atoms with Crippen LogP contribution >= 0.6 is 11.8 Å². The Labute approximate surface area is 241 Å². The number of benzene rings is 1. The zero-order valence-corrected chi connectivity index (χ0v) is 23.6. The number of thioether (sulfide) groups is 1. The van der Waals surface area contributed by atoms with Gasteiger partial charge in [0.1, 0.15) is 5.78 Å². The summed E-state index contributed by atoms with van der Waals surface area (Å²) in [5.41, 5.74) is 1.99. The Bertz CT molecular complexity index is 1370. The summed E-state index contributed by atoms with van der Waals surface area (Å²) in [6.45, 7) is 2.10. The summed E-state index contributed by atoms with van der Waals surface area (Å²) in [6, 6.07) is 8.74. The lowest BCUT2D eigenvalue weighted by Gasteiger charge is -2.10. The molecule has 0 amide bonds. The van der Waals surface area contributed by atoms with Gasteiger partial charge in [-0.05, 0) is 42.5 Å². The number of oxime groups is 1. The van der Waals surface area contributed by atoms with Gasteiger partial charge in [-0.2, -0.15) is 0 Å². The minimum absolute atomic E-state index is 0.0130. The van der Waals surface area contributed by atoms with Gasteiger partial charge in [-0.3, -0.25) is 4.79 Å². The highest BCUT2D eigenvalue weighted by Gasteiger charge is 2.16. The van der Waals surface area contributed by atoms with E-state index in [-0.39, 0.29) is 24.0 Å². The van der Waals surface area contributed by atoms with Crippen LogP contribution in [0.3, 0.4) is 0 Å². The first-order valence-corrected chi connectivity index (χ1v) is 14.5. The van der Waals surface area contributed by atoms with E-state index in [9.17, 15) is 9.59 Å². The predicted octanol–water partition coefficient (Wildman–Crippen LogP) is 8.78. The number of hydrogen-bond donors (Lipinski definition) is 0. The molecule has 3 aliphatic carbocycles. The molecule has 0 radical (unpaired) electrons. The van der Waals surface area contributed by atoms with Crippen LogP contribution in [0.25, 0.3) is 0 Å². The van der Waals surface area contributed by atoms with Crippen molar-refractivity contribution in [3.05, 3.63) is 142 Å². The van der Waals surface area contributed by atoms with Crippen molar-refractivity contribution >= 4 is 29.2 Å². The molecular weight excluding hydrogens is 514 g/mol. The Morgan fingerprint density at radius 3 is 2.65 bits per heavy atom. The van der Waals surface area contributed by atoms with E-state index in [2.05, 4.69) is 78.9 Å². The molecule has 2 atom stereocenters. The van der Waals surface area contributed by atoms with Crippen LogP contribution in [0.1, 0.15) is 49.4 Å². The van der Waals surface area contributed by atoms with Gasteiger partial charge in [0.15, 0.2) is 0 Å². The molecule has 0 aliphatic heterocycles. The molecule has 0 spiro atoms. The summed E-state index contributed by atoms with van der Waals surface area (Å²) in [5, 5.41) is 4.18. The fourth-order valence-electron chi connectivity index (χ4n) is 4.40. The molecule has 0 bridgehead atoms. The molecule has 1 aromatic rings. The van der Waals surface area contributed by atoms with Crippen molar-refractivity contribution in [2.75, 3.05) is 0 Å². The van der Waals surface area contributed by atoms with Crippen molar-refractivity contribution < 1.29 is 14.4 Å². The minimum Gasteiger partial charge on any atom is -0.313 e. The van der Waals surface area contributed by atoms with Gasteiger partial charge in [0.2, 0.25) is 0 Å². The Morgan fingerprint density at radius 1 is 0.925 bits per heavy atom. The van der Waals surface area contributed by atoms with Crippen molar-refractivity contribution in [2.24, 2.45) is 17.0 Å². The second-order valence-electron chi connectivity index (χ2n) is 9.87. The van der Waals surface area contributed by atoms with Crippen molar-refractivity contribution in [3.63, 3.8) is 0 Å². The van der Waals surface area contributed by atoms with Gasteiger partial charge in [0.05, 0.1) is 11.3 Å². The summed E-state index contributed by atoms with van der Waals surface area (Å²) < 4.78 is 0. The first kappa shape index (κ1) is 29.0. The van der Waals surface area contributed by atoms with Gasteiger partial charge in [0, 0.05) is 35.0 Å². The number of rotatable bonds is 10. The smallest absolute Gasteiger partial charge is 0.313 e. The average Bonchev–Trinajstić information content (AvgIpc) is 3.28. The highest BCUT2D eigenvalue weighted by molar-refractivity contribution is 8.07. The SMILES string of the molecule is CC1C=CC=CC(C/C(CC(=O)CC2C=CC=C(SC3=C/CC=CC/C=C\3)C=C2)=N/OC(=O)c2ccccc2)=C1. The summed E-state index contributed by atoms with van der Waals surface area (Å²) >= 11 is 1.73. The van der Waals surface area contributed by atoms with Crippen LogP contribution in [-0.4, -0.2) is 17.5 Å². The predicted molar refractivity (Wildman–Crippen MR) is 167 cm³/mol.